The van der Waals surface area contributed by atoms with Crippen LogP contribution in [0.1, 0.15) is 108 Å². The van der Waals surface area contributed by atoms with E-state index in [0.717, 1.165) is 4.90 Å². The molecule has 12 amide bonds. The van der Waals surface area contributed by atoms with Crippen LogP contribution in [-0.4, -0.2) is 213 Å². The van der Waals surface area contributed by atoms with Crippen LogP contribution < -0.4 is 53.0 Å². The maximum absolute atomic E-state index is 15.5. The average Bonchev–Trinajstić information content (AvgIpc) is 2.31. The Kier molecular flexibility index (Phi) is 26.4. The van der Waals surface area contributed by atoms with Gasteiger partial charge in [-0.1, -0.05) is 27.2 Å². The Morgan fingerprint density at radius 3 is 2.27 bits per heavy atom. The Labute approximate surface area is 519 Å². The second kappa shape index (κ2) is 33.3. The van der Waals surface area contributed by atoms with Crippen LogP contribution in [0.2, 0.25) is 0 Å². The highest BCUT2D eigenvalue weighted by Crippen LogP contribution is 2.39. The van der Waals surface area contributed by atoms with E-state index in [4.69, 9.17) is 15.3 Å². The third kappa shape index (κ3) is 19.0. The van der Waals surface area contributed by atoms with Gasteiger partial charge in [-0.3, -0.25) is 57.5 Å². The van der Waals surface area contributed by atoms with Crippen molar-refractivity contribution in [2.75, 3.05) is 64.5 Å². The maximum Gasteiger partial charge on any atom is 0.333 e. The lowest BCUT2D eigenvalue weighted by molar-refractivity contribution is -0.197. The number of methoxy groups -OCH3 is 1. The van der Waals surface area contributed by atoms with Crippen LogP contribution in [0.25, 0.3) is 10.9 Å². The highest BCUT2D eigenvalue weighted by molar-refractivity contribution is 7.98. The number of carbonyl (C=O) groups is 13. The van der Waals surface area contributed by atoms with Crippen molar-refractivity contribution in [3.63, 3.8) is 0 Å². The first-order chi connectivity index (χ1) is 42.4. The summed E-state index contributed by atoms with van der Waals surface area (Å²) in [4.78, 5) is 184. The molecule has 0 radical (unpaired) electrons. The number of imide groups is 1. The molecule has 2 bridgehead atoms. The van der Waals surface area contributed by atoms with Crippen molar-refractivity contribution in [1.82, 2.24) is 57.5 Å². The second-order valence-electron chi connectivity index (χ2n) is 22.3. The van der Waals surface area contributed by atoms with Crippen LogP contribution in [0.3, 0.4) is 0 Å². The number of aromatic nitrogens is 1. The monoisotopic (exact) mass is 1290 g/mol. The van der Waals surface area contributed by atoms with Crippen molar-refractivity contribution in [3.8, 4) is 5.75 Å². The SMILES string of the molecule is CC[C@H](C)[C@@H]1CCNC(=O)CNC(=O)[C@@H]2CNC(=O)[C@H]([C@@H](C)[C@@H](O)CO)NC(=O)C3C[C@@H](O)CN3C(=O)[C@H](CC(N)=O)NC(=O)[C@@H](C[S+]([O-])c3[nH]c4c(CSCCCCNC(=O)CCCC(=O)ON5C(=O)CCC5=O)c(OC)ccc4c32)NC(=O)CNC1=O. The Morgan fingerprint density at radius 2 is 1.58 bits per heavy atom. The zero-order valence-corrected chi connectivity index (χ0v) is 51.6. The molecule has 2 saturated heterocycles. The van der Waals surface area contributed by atoms with Gasteiger partial charge in [0.25, 0.3) is 11.8 Å². The van der Waals surface area contributed by atoms with Gasteiger partial charge in [0.05, 0.1) is 56.9 Å². The number of aromatic amines is 1. The number of hydrogen-bond donors (Lipinski definition) is 13. The van der Waals surface area contributed by atoms with E-state index in [-0.39, 0.29) is 90.7 Å². The molecule has 6 rings (SSSR count). The molecule has 4 aliphatic rings. The normalized spacial score (nSPS) is 24.9. The first-order valence-electron chi connectivity index (χ1n) is 29.4. The molecule has 1 aromatic carbocycles. The standard InChI is InChI=1S/C56H80N12O19S2/c1-5-28(2)31-15-17-59-42(74)22-61-51(80)33-21-60-54(83)48(29(3)38(71)25-69)65-53(82)37-19-30(70)24-67(37)56(84)35(20-40(57)72)64-52(81)36(63-43(75)23-62-50(31)79)27-89(85)55-47(33)32-11-12-39(86-4)34(49(32)66-55)26-88-18-7-6-16-58-41(73)9-8-10-46(78)87-68-44(76)13-14-45(68)77/h11-12,28-31,33,35-38,48,66,69-71H,5-10,13-27H2,1-4H3,(H2,57,72)(H,58,73)(H,59,74)(H,60,83)(H,61,80)(H,62,79)(H,63,75)(H,64,81)(H,65,82)/t28-,29-,30+,31-,33+,35-,36+,37?,38-,48-,89?/m0/s1. The van der Waals surface area contributed by atoms with E-state index in [1.54, 1.807) is 19.1 Å². The third-order valence-corrected chi connectivity index (χ3v) is 18.4. The summed E-state index contributed by atoms with van der Waals surface area (Å²) < 4.78 is 21.3. The Hall–Kier alpha value is -7.59. The second-order valence-corrected chi connectivity index (χ2v) is 24.8. The number of fused-ring (bicyclic) bond motifs is 4. The molecule has 31 nitrogen and oxygen atoms in total. The zero-order valence-electron chi connectivity index (χ0n) is 49.9. The smallest absolute Gasteiger partial charge is 0.333 e. The fourth-order valence-electron chi connectivity index (χ4n) is 10.7. The molecule has 11 atom stereocenters. The molecule has 0 spiro atoms. The van der Waals surface area contributed by atoms with Gasteiger partial charge >= 0.3 is 5.97 Å². The molecule has 0 aliphatic carbocycles. The molecule has 33 heteroatoms. The summed E-state index contributed by atoms with van der Waals surface area (Å²) in [5, 5.41) is 53.0. The van der Waals surface area contributed by atoms with Crippen molar-refractivity contribution in [2.24, 2.45) is 23.5 Å². The lowest BCUT2D eigenvalue weighted by Crippen LogP contribution is -2.61. The summed E-state index contributed by atoms with van der Waals surface area (Å²) in [6.07, 6.45) is -2.86. The molecule has 4 aliphatic heterocycles. The number of amides is 12. The van der Waals surface area contributed by atoms with E-state index in [9.17, 15) is 77.6 Å². The van der Waals surface area contributed by atoms with Crippen LogP contribution >= 0.6 is 11.8 Å². The van der Waals surface area contributed by atoms with Crippen molar-refractivity contribution >= 4 is 111 Å². The van der Waals surface area contributed by atoms with E-state index in [2.05, 4.69) is 47.5 Å². The van der Waals surface area contributed by atoms with Crippen LogP contribution in [-0.2, 0) is 84.1 Å². The number of hydrogen-bond acceptors (Lipinski definition) is 20. The number of benzene rings is 1. The Balaban J connectivity index is 1.39. The molecular formula is C56H80N12O19S2. The maximum atomic E-state index is 15.5. The van der Waals surface area contributed by atoms with Crippen molar-refractivity contribution in [1.29, 1.82) is 0 Å². The van der Waals surface area contributed by atoms with Crippen molar-refractivity contribution in [2.45, 2.75) is 144 Å². The minimum Gasteiger partial charge on any atom is -0.610 e. The number of nitrogens with two attached hydrogens (primary N) is 1. The Bertz CT molecular complexity index is 2970. The molecule has 89 heavy (non-hydrogen) atoms. The molecule has 490 valence electrons. The van der Waals surface area contributed by atoms with E-state index in [1.165, 1.54) is 25.8 Å². The van der Waals surface area contributed by atoms with Gasteiger partial charge < -0.3 is 87.6 Å². The predicted molar refractivity (Wildman–Crippen MR) is 316 cm³/mol. The van der Waals surface area contributed by atoms with E-state index < -0.39 is 188 Å². The molecular weight excluding hydrogens is 1210 g/mol. The van der Waals surface area contributed by atoms with Gasteiger partial charge in [0.1, 0.15) is 29.6 Å². The van der Waals surface area contributed by atoms with Gasteiger partial charge in [0.15, 0.2) is 6.04 Å². The largest absolute Gasteiger partial charge is 0.610 e. The first kappa shape index (κ1) is 70.5. The van der Waals surface area contributed by atoms with Crippen LogP contribution in [0.4, 0.5) is 0 Å². The summed E-state index contributed by atoms with van der Waals surface area (Å²) in [6, 6.07) is -4.00. The molecule has 2 aromatic rings. The number of ether oxygens (including phenoxy) is 1. The minimum atomic E-state index is -2.54. The quantitative estimate of drug-likeness (QED) is 0.0342. The van der Waals surface area contributed by atoms with E-state index in [1.807, 2.05) is 6.92 Å². The number of primary amides is 1. The molecule has 14 N–H and O–H groups in total. The molecule has 0 saturated carbocycles. The van der Waals surface area contributed by atoms with E-state index in [0.29, 0.717) is 41.4 Å². The number of H-pyrrole nitrogens is 1. The summed E-state index contributed by atoms with van der Waals surface area (Å²) in [5.74, 6) is -14.8. The Morgan fingerprint density at radius 1 is 0.876 bits per heavy atom. The number of thioether (sulfide) groups is 1. The molecule has 1 aromatic heterocycles. The fourth-order valence-corrected chi connectivity index (χ4v) is 13.2. The van der Waals surface area contributed by atoms with E-state index >= 15 is 4.55 Å². The van der Waals surface area contributed by atoms with Gasteiger partial charge in [0, 0.05) is 104 Å². The predicted octanol–water partition coefficient (Wildman–Crippen LogP) is -3.90. The molecule has 2 fully saturated rings. The lowest BCUT2D eigenvalue weighted by atomic mass is 9.88. The number of hydroxylamine groups is 2. The van der Waals surface area contributed by atoms with Gasteiger partial charge in [-0.2, -0.15) is 11.8 Å². The lowest BCUT2D eigenvalue weighted by Gasteiger charge is -2.32. The van der Waals surface area contributed by atoms with Crippen molar-refractivity contribution < 1.29 is 91.8 Å². The summed E-state index contributed by atoms with van der Waals surface area (Å²) in [5.41, 5.74) is 6.28. The first-order valence-corrected chi connectivity index (χ1v) is 31.9. The van der Waals surface area contributed by atoms with Crippen LogP contribution in [0, 0.1) is 17.8 Å². The minimum absolute atomic E-state index is 0.0252. The highest BCUT2D eigenvalue weighted by atomic mass is 32.2. The van der Waals surface area contributed by atoms with Gasteiger partial charge in [-0.05, 0) is 49.5 Å². The topological polar surface area (TPSA) is 469 Å². The molecule has 2 unspecified atom stereocenters. The number of aliphatic hydroxyl groups is 3. The van der Waals surface area contributed by atoms with Gasteiger partial charge in [-0.15, -0.1) is 5.06 Å². The fraction of sp³-hybridized carbons (Fsp3) is 0.625. The van der Waals surface area contributed by atoms with Crippen LogP contribution in [0.15, 0.2) is 17.2 Å². The van der Waals surface area contributed by atoms with Crippen LogP contribution in [0.5, 0.6) is 5.75 Å². The number of unbranched alkanes of at least 4 members (excludes halogenated alkanes) is 1. The van der Waals surface area contributed by atoms with Gasteiger partial charge in [0.2, 0.25) is 64.1 Å². The third-order valence-electron chi connectivity index (χ3n) is 15.9. The zero-order chi connectivity index (χ0) is 65.2. The average molecular weight is 1290 g/mol. The number of nitrogens with zero attached hydrogens (tertiary/aromatic N) is 2. The number of nitrogens with one attached hydrogen (secondary N) is 9. The summed E-state index contributed by atoms with van der Waals surface area (Å²) >= 11 is -1.12. The number of rotatable bonds is 20. The highest BCUT2D eigenvalue weighted by Gasteiger charge is 2.46. The number of aliphatic hydroxyl groups excluding tert-OH is 3. The van der Waals surface area contributed by atoms with Gasteiger partial charge in [-0.25, -0.2) is 4.79 Å². The summed E-state index contributed by atoms with van der Waals surface area (Å²) in [7, 11) is 1.40. The molecule has 5 heterocycles. The number of carbonyl (C=O) groups excluding carboxylic acids is 13. The van der Waals surface area contributed by atoms with Crippen molar-refractivity contribution in [3.05, 3.63) is 23.3 Å². The summed E-state index contributed by atoms with van der Waals surface area (Å²) in [6.45, 7) is 1.70.